The molecule has 1 aromatic carbocycles. The number of nitrogens with one attached hydrogen (secondary N) is 2. The maximum absolute atomic E-state index is 12.3. The van der Waals surface area contributed by atoms with E-state index >= 15 is 0 Å². The number of halogens is 1. The molecule has 0 radical (unpaired) electrons. The van der Waals surface area contributed by atoms with Gasteiger partial charge in [-0.15, -0.1) is 12.4 Å². The molecule has 7 nitrogen and oxygen atoms in total. The normalized spacial score (nSPS) is 19.8. The van der Waals surface area contributed by atoms with E-state index in [2.05, 4.69) is 10.6 Å². The molecule has 2 aliphatic rings. The molecule has 0 spiro atoms. The lowest BCUT2D eigenvalue weighted by Crippen LogP contribution is -2.49. The SMILES string of the molecule is COc1cc(OC)cc(N2CC(C(=O)NCC3CNC3)CC2=O)c1.Cl. The topological polar surface area (TPSA) is 79.9 Å². The molecule has 2 N–H and O–H groups in total. The van der Waals surface area contributed by atoms with E-state index < -0.39 is 0 Å². The van der Waals surface area contributed by atoms with Gasteiger partial charge in [-0.25, -0.2) is 0 Å². The van der Waals surface area contributed by atoms with E-state index in [1.165, 1.54) is 0 Å². The largest absolute Gasteiger partial charge is 0.497 e. The minimum atomic E-state index is -0.317. The van der Waals surface area contributed by atoms with Gasteiger partial charge in [0, 0.05) is 56.7 Å². The third kappa shape index (κ3) is 4.35. The number of carbonyl (C=O) groups excluding carboxylic acids is 2. The van der Waals surface area contributed by atoms with Crippen molar-refractivity contribution in [3.8, 4) is 11.5 Å². The third-order valence-electron chi connectivity index (χ3n) is 4.57. The summed E-state index contributed by atoms with van der Waals surface area (Å²) in [5.41, 5.74) is 0.690. The standard InChI is InChI=1S/C17H23N3O4.ClH/c1-23-14-4-13(5-15(6-14)24-2)20-10-12(3-16(20)21)17(22)19-9-11-7-18-8-11;/h4-6,11-12,18H,3,7-10H2,1-2H3,(H,19,22);1H. The Kier molecular flexibility index (Phi) is 6.50. The molecule has 25 heavy (non-hydrogen) atoms. The van der Waals surface area contributed by atoms with Crippen molar-refractivity contribution in [2.45, 2.75) is 6.42 Å². The zero-order valence-electron chi connectivity index (χ0n) is 14.4. The van der Waals surface area contributed by atoms with Gasteiger partial charge in [-0.2, -0.15) is 0 Å². The van der Waals surface area contributed by atoms with E-state index in [0.717, 1.165) is 13.1 Å². The van der Waals surface area contributed by atoms with Gasteiger partial charge in [0.05, 0.1) is 25.8 Å². The second-order valence-electron chi connectivity index (χ2n) is 6.25. The van der Waals surface area contributed by atoms with Crippen molar-refractivity contribution in [1.29, 1.82) is 0 Å². The van der Waals surface area contributed by atoms with Gasteiger partial charge in [0.25, 0.3) is 0 Å². The molecule has 2 heterocycles. The van der Waals surface area contributed by atoms with E-state index in [1.54, 1.807) is 37.3 Å². The van der Waals surface area contributed by atoms with Crippen molar-refractivity contribution in [2.75, 3.05) is 45.3 Å². The van der Waals surface area contributed by atoms with Crippen LogP contribution in [0.5, 0.6) is 11.5 Å². The fraction of sp³-hybridized carbons (Fsp3) is 0.529. The van der Waals surface area contributed by atoms with E-state index in [4.69, 9.17) is 9.47 Å². The number of anilines is 1. The molecular formula is C17H24ClN3O4. The van der Waals surface area contributed by atoms with Gasteiger partial charge in [0.2, 0.25) is 11.8 Å². The Bertz CT molecular complexity index is 614. The number of rotatable bonds is 6. The summed E-state index contributed by atoms with van der Waals surface area (Å²) in [5, 5.41) is 6.13. The molecule has 2 amide bonds. The minimum absolute atomic E-state index is 0. The highest BCUT2D eigenvalue weighted by Gasteiger charge is 2.35. The maximum Gasteiger partial charge on any atom is 0.227 e. The number of ether oxygens (including phenoxy) is 2. The molecule has 0 aliphatic carbocycles. The van der Waals surface area contributed by atoms with Crippen molar-refractivity contribution in [2.24, 2.45) is 11.8 Å². The highest BCUT2D eigenvalue weighted by Crippen LogP contribution is 2.32. The van der Waals surface area contributed by atoms with Crippen LogP contribution in [0.3, 0.4) is 0 Å². The van der Waals surface area contributed by atoms with Crippen molar-refractivity contribution in [3.05, 3.63) is 18.2 Å². The van der Waals surface area contributed by atoms with E-state index in [-0.39, 0.29) is 36.6 Å². The van der Waals surface area contributed by atoms with Crippen molar-refractivity contribution in [1.82, 2.24) is 10.6 Å². The second kappa shape index (κ2) is 8.40. The van der Waals surface area contributed by atoms with Crippen LogP contribution in [0.1, 0.15) is 6.42 Å². The third-order valence-corrected chi connectivity index (χ3v) is 4.57. The minimum Gasteiger partial charge on any atom is -0.497 e. The molecule has 1 unspecified atom stereocenters. The van der Waals surface area contributed by atoms with Crippen molar-refractivity contribution < 1.29 is 19.1 Å². The molecule has 0 bridgehead atoms. The quantitative estimate of drug-likeness (QED) is 0.776. The first-order valence-electron chi connectivity index (χ1n) is 8.12. The van der Waals surface area contributed by atoms with Crippen LogP contribution in [0.25, 0.3) is 0 Å². The highest BCUT2D eigenvalue weighted by molar-refractivity contribution is 6.00. The van der Waals surface area contributed by atoms with Gasteiger partial charge in [-0.1, -0.05) is 0 Å². The first kappa shape index (κ1) is 19.3. The van der Waals surface area contributed by atoms with E-state index in [9.17, 15) is 9.59 Å². The van der Waals surface area contributed by atoms with Crippen LogP contribution in [-0.2, 0) is 9.59 Å². The molecule has 8 heteroatoms. The molecule has 138 valence electrons. The molecule has 1 atom stereocenters. The number of methoxy groups -OCH3 is 2. The molecule has 1 aromatic rings. The molecule has 2 aliphatic heterocycles. The Hall–Kier alpha value is -1.99. The Morgan fingerprint density at radius 2 is 1.88 bits per heavy atom. The van der Waals surface area contributed by atoms with Crippen LogP contribution in [-0.4, -0.2) is 52.2 Å². The van der Waals surface area contributed by atoms with Crippen LogP contribution >= 0.6 is 12.4 Å². The number of carbonyl (C=O) groups is 2. The summed E-state index contributed by atoms with van der Waals surface area (Å²) in [5.74, 6) is 1.31. The number of amides is 2. The highest BCUT2D eigenvalue weighted by atomic mass is 35.5. The summed E-state index contributed by atoms with van der Waals surface area (Å²) < 4.78 is 10.5. The molecule has 0 aromatic heterocycles. The van der Waals surface area contributed by atoms with E-state index in [1.807, 2.05) is 0 Å². The summed E-state index contributed by atoms with van der Waals surface area (Å²) in [6, 6.07) is 5.31. The van der Waals surface area contributed by atoms with Crippen LogP contribution < -0.4 is 25.0 Å². The lowest BCUT2D eigenvalue weighted by molar-refractivity contribution is -0.126. The lowest BCUT2D eigenvalue weighted by Gasteiger charge is -2.27. The Labute approximate surface area is 153 Å². The molecule has 3 rings (SSSR count). The van der Waals surface area contributed by atoms with Crippen LogP contribution in [0.2, 0.25) is 0 Å². The summed E-state index contributed by atoms with van der Waals surface area (Å²) in [6.07, 6.45) is 0.230. The predicted molar refractivity (Wildman–Crippen MR) is 96.6 cm³/mol. The Morgan fingerprint density at radius 1 is 1.24 bits per heavy atom. The number of benzene rings is 1. The van der Waals surface area contributed by atoms with Gasteiger partial charge in [0.1, 0.15) is 11.5 Å². The number of hydrogen-bond acceptors (Lipinski definition) is 5. The van der Waals surface area contributed by atoms with Gasteiger partial charge in [-0.3, -0.25) is 9.59 Å². The number of nitrogens with zero attached hydrogens (tertiary/aromatic N) is 1. The number of hydrogen-bond donors (Lipinski definition) is 2. The van der Waals surface area contributed by atoms with Gasteiger partial charge in [-0.05, 0) is 0 Å². The zero-order valence-corrected chi connectivity index (χ0v) is 15.2. The first-order valence-corrected chi connectivity index (χ1v) is 8.12. The van der Waals surface area contributed by atoms with Gasteiger partial charge < -0.3 is 25.0 Å². The fourth-order valence-corrected chi connectivity index (χ4v) is 2.96. The second-order valence-corrected chi connectivity index (χ2v) is 6.25. The Balaban J connectivity index is 0.00000225. The van der Waals surface area contributed by atoms with Crippen molar-refractivity contribution >= 4 is 29.9 Å². The van der Waals surface area contributed by atoms with Crippen LogP contribution in [0, 0.1) is 11.8 Å². The van der Waals surface area contributed by atoms with Crippen LogP contribution in [0.4, 0.5) is 5.69 Å². The zero-order chi connectivity index (χ0) is 17.1. The monoisotopic (exact) mass is 369 g/mol. The summed E-state index contributed by atoms with van der Waals surface area (Å²) in [4.78, 5) is 26.3. The Morgan fingerprint density at radius 3 is 2.40 bits per heavy atom. The molecule has 2 fully saturated rings. The lowest BCUT2D eigenvalue weighted by atomic mass is 10.0. The first-order chi connectivity index (χ1) is 11.6. The molecule has 0 saturated carbocycles. The van der Waals surface area contributed by atoms with Gasteiger partial charge >= 0.3 is 0 Å². The summed E-state index contributed by atoms with van der Waals surface area (Å²) in [7, 11) is 3.13. The predicted octanol–water partition coefficient (Wildman–Crippen LogP) is 0.814. The smallest absolute Gasteiger partial charge is 0.227 e. The van der Waals surface area contributed by atoms with E-state index in [0.29, 0.717) is 36.2 Å². The maximum atomic E-state index is 12.3. The van der Waals surface area contributed by atoms with Crippen molar-refractivity contribution in [3.63, 3.8) is 0 Å². The average Bonchev–Trinajstić information content (AvgIpc) is 2.94. The fourth-order valence-electron chi connectivity index (χ4n) is 2.96. The molecular weight excluding hydrogens is 346 g/mol. The average molecular weight is 370 g/mol. The molecule has 2 saturated heterocycles. The van der Waals surface area contributed by atoms with Gasteiger partial charge in [0.15, 0.2) is 0 Å². The summed E-state index contributed by atoms with van der Waals surface area (Å²) in [6.45, 7) is 2.94. The summed E-state index contributed by atoms with van der Waals surface area (Å²) >= 11 is 0. The van der Waals surface area contributed by atoms with Crippen LogP contribution in [0.15, 0.2) is 18.2 Å².